The first-order valence-corrected chi connectivity index (χ1v) is 7.17. The van der Waals surface area contributed by atoms with Crippen LogP contribution in [-0.4, -0.2) is 14.5 Å². The average molecular weight is 331 g/mol. The molecule has 0 saturated carbocycles. The summed E-state index contributed by atoms with van der Waals surface area (Å²) in [5.74, 6) is 0.154. The summed E-state index contributed by atoms with van der Waals surface area (Å²) in [5.41, 5.74) is -0.744. The molecule has 8 heteroatoms. The number of non-ortho nitro benzene ring substituents is 1. The Morgan fingerprint density at radius 2 is 1.57 bits per heavy atom. The lowest BCUT2D eigenvalue weighted by atomic mass is 10.3. The van der Waals surface area contributed by atoms with Crippen molar-refractivity contribution in [3.8, 4) is 5.69 Å². The third kappa shape index (κ3) is 5.39. The molecule has 2 aromatic rings. The second kappa shape index (κ2) is 8.92. The minimum absolute atomic E-state index is 0.127. The molecule has 0 bridgehead atoms. The zero-order valence-electron chi connectivity index (χ0n) is 13.7. The van der Waals surface area contributed by atoms with Gasteiger partial charge in [-0.3, -0.25) is 10.1 Å². The van der Waals surface area contributed by atoms with Crippen molar-refractivity contribution in [2.45, 2.75) is 40.8 Å². The van der Waals surface area contributed by atoms with Gasteiger partial charge in [-0.1, -0.05) is 27.7 Å². The predicted octanol–water partition coefficient (Wildman–Crippen LogP) is 5.16. The number of imidazole rings is 1. The van der Waals surface area contributed by atoms with Gasteiger partial charge in [0, 0.05) is 24.0 Å². The van der Waals surface area contributed by atoms with Gasteiger partial charge in [-0.2, -0.15) is 13.2 Å². The average Bonchev–Trinajstić information content (AvgIpc) is 2.93. The van der Waals surface area contributed by atoms with Crippen LogP contribution < -0.4 is 0 Å². The number of halogens is 3. The molecule has 0 aliphatic carbocycles. The molecule has 1 aromatic heterocycles. The highest BCUT2D eigenvalue weighted by molar-refractivity contribution is 5.42. The van der Waals surface area contributed by atoms with E-state index in [9.17, 15) is 23.3 Å². The lowest BCUT2D eigenvalue weighted by Crippen LogP contribution is -2.04. The largest absolute Gasteiger partial charge is 0.434 e. The highest BCUT2D eigenvalue weighted by Crippen LogP contribution is 2.29. The van der Waals surface area contributed by atoms with Gasteiger partial charge >= 0.3 is 6.18 Å². The molecule has 0 fully saturated rings. The van der Waals surface area contributed by atoms with Crippen LogP contribution in [0.1, 0.15) is 39.2 Å². The molecule has 128 valence electrons. The predicted molar refractivity (Wildman–Crippen MR) is 82.7 cm³/mol. The maximum absolute atomic E-state index is 12.5. The van der Waals surface area contributed by atoms with E-state index in [2.05, 4.69) is 4.98 Å². The summed E-state index contributed by atoms with van der Waals surface area (Å²) < 4.78 is 38.7. The molecule has 0 saturated heterocycles. The number of alkyl halides is 3. The number of benzene rings is 1. The maximum atomic E-state index is 12.5. The van der Waals surface area contributed by atoms with E-state index in [-0.39, 0.29) is 11.5 Å². The SMILES string of the molecule is CC.CC.Cc1nc(C(F)(F)F)cn1-c1ccc([N+](=O)[O-])cc1. The Morgan fingerprint density at radius 1 is 1.09 bits per heavy atom. The molecule has 0 spiro atoms. The van der Waals surface area contributed by atoms with Crippen LogP contribution >= 0.6 is 0 Å². The van der Waals surface area contributed by atoms with Crippen molar-refractivity contribution >= 4 is 5.69 Å². The zero-order chi connectivity index (χ0) is 18.2. The molecule has 0 unspecified atom stereocenters. The van der Waals surface area contributed by atoms with Gasteiger partial charge in [-0.05, 0) is 19.1 Å². The van der Waals surface area contributed by atoms with Gasteiger partial charge in [-0.15, -0.1) is 0 Å². The molecule has 0 aliphatic heterocycles. The van der Waals surface area contributed by atoms with Crippen molar-refractivity contribution in [3.05, 3.63) is 52.1 Å². The van der Waals surface area contributed by atoms with Crippen LogP contribution in [0.5, 0.6) is 0 Å². The second-order valence-electron chi connectivity index (χ2n) is 3.81. The van der Waals surface area contributed by atoms with Crippen molar-refractivity contribution < 1.29 is 18.1 Å². The normalized spacial score (nSPS) is 10.1. The lowest BCUT2D eigenvalue weighted by Gasteiger charge is -2.04. The van der Waals surface area contributed by atoms with E-state index >= 15 is 0 Å². The molecular weight excluding hydrogens is 311 g/mol. The van der Waals surface area contributed by atoms with E-state index in [4.69, 9.17) is 0 Å². The number of nitrogens with zero attached hydrogens (tertiary/aromatic N) is 3. The molecule has 1 aromatic carbocycles. The maximum Gasteiger partial charge on any atom is 0.434 e. The summed E-state index contributed by atoms with van der Waals surface area (Å²) in [6.45, 7) is 9.43. The van der Waals surface area contributed by atoms with Crippen LogP contribution in [0.2, 0.25) is 0 Å². The quantitative estimate of drug-likeness (QED) is 0.564. The van der Waals surface area contributed by atoms with Crippen molar-refractivity contribution in [1.82, 2.24) is 9.55 Å². The van der Waals surface area contributed by atoms with Gasteiger partial charge in [0.15, 0.2) is 5.69 Å². The number of nitro benzene ring substituents is 1. The molecule has 0 N–H and O–H groups in total. The molecule has 1 heterocycles. The highest BCUT2D eigenvalue weighted by atomic mass is 19.4. The number of hydrogen-bond acceptors (Lipinski definition) is 3. The monoisotopic (exact) mass is 331 g/mol. The van der Waals surface area contributed by atoms with Crippen molar-refractivity contribution in [2.75, 3.05) is 0 Å². The van der Waals surface area contributed by atoms with Gasteiger partial charge < -0.3 is 4.57 Å². The number of aryl methyl sites for hydroxylation is 1. The van der Waals surface area contributed by atoms with Crippen molar-refractivity contribution in [2.24, 2.45) is 0 Å². The van der Waals surface area contributed by atoms with E-state index in [0.29, 0.717) is 5.69 Å². The molecule has 23 heavy (non-hydrogen) atoms. The fraction of sp³-hybridized carbons (Fsp3) is 0.400. The Hall–Kier alpha value is -2.38. The zero-order valence-corrected chi connectivity index (χ0v) is 13.7. The smallest absolute Gasteiger partial charge is 0.303 e. The molecule has 0 atom stereocenters. The van der Waals surface area contributed by atoms with Crippen LogP contribution in [0.3, 0.4) is 0 Å². The van der Waals surface area contributed by atoms with Gasteiger partial charge in [0.2, 0.25) is 0 Å². The summed E-state index contributed by atoms with van der Waals surface area (Å²) in [5, 5.41) is 10.5. The lowest BCUT2D eigenvalue weighted by molar-refractivity contribution is -0.384. The summed E-state index contributed by atoms with van der Waals surface area (Å²) in [6.07, 6.45) is -3.66. The van der Waals surface area contributed by atoms with Crippen molar-refractivity contribution in [3.63, 3.8) is 0 Å². The molecule has 0 radical (unpaired) electrons. The molecule has 2 rings (SSSR count). The number of rotatable bonds is 2. The Bertz CT molecular complexity index is 620. The topological polar surface area (TPSA) is 61.0 Å². The van der Waals surface area contributed by atoms with Crippen molar-refractivity contribution in [1.29, 1.82) is 0 Å². The standard InChI is InChI=1S/C11H8F3N3O2.2C2H6/c1-7-15-10(11(12,13)14)6-16(7)8-2-4-9(5-3-8)17(18)19;2*1-2/h2-6H,1H3;2*1-2H3. The van der Waals surface area contributed by atoms with Gasteiger partial charge in [-0.25, -0.2) is 4.98 Å². The number of nitro groups is 1. The third-order valence-electron chi connectivity index (χ3n) is 2.51. The van der Waals surface area contributed by atoms with Gasteiger partial charge in [0.25, 0.3) is 5.69 Å². The van der Waals surface area contributed by atoms with Gasteiger partial charge in [0.05, 0.1) is 4.92 Å². The minimum Gasteiger partial charge on any atom is -0.303 e. The highest BCUT2D eigenvalue weighted by Gasteiger charge is 2.34. The summed E-state index contributed by atoms with van der Waals surface area (Å²) in [6, 6.07) is 5.18. The summed E-state index contributed by atoms with van der Waals surface area (Å²) >= 11 is 0. The first-order chi connectivity index (χ1) is 10.8. The minimum atomic E-state index is -4.52. The van der Waals surface area contributed by atoms with E-state index in [1.165, 1.54) is 35.8 Å². The van der Waals surface area contributed by atoms with E-state index in [1.807, 2.05) is 27.7 Å². The Balaban J connectivity index is 0.00000112. The Kier molecular flexibility index (Phi) is 7.99. The molecular formula is C15H20F3N3O2. The van der Waals surface area contributed by atoms with E-state index < -0.39 is 16.8 Å². The number of aromatic nitrogens is 2. The number of hydrogen-bond donors (Lipinski definition) is 0. The van der Waals surface area contributed by atoms with E-state index in [0.717, 1.165) is 6.20 Å². The van der Waals surface area contributed by atoms with Crippen LogP contribution in [0.25, 0.3) is 5.69 Å². The van der Waals surface area contributed by atoms with Crippen LogP contribution in [0.4, 0.5) is 18.9 Å². The molecule has 0 aliphatic rings. The van der Waals surface area contributed by atoms with E-state index in [1.54, 1.807) is 0 Å². The first kappa shape index (κ1) is 20.6. The summed E-state index contributed by atoms with van der Waals surface area (Å²) in [7, 11) is 0. The third-order valence-corrected chi connectivity index (χ3v) is 2.51. The first-order valence-electron chi connectivity index (χ1n) is 7.17. The second-order valence-corrected chi connectivity index (χ2v) is 3.81. The fourth-order valence-corrected chi connectivity index (χ4v) is 1.61. The molecule has 5 nitrogen and oxygen atoms in total. The Labute approximate surface area is 132 Å². The fourth-order valence-electron chi connectivity index (χ4n) is 1.61. The van der Waals surface area contributed by atoms with Gasteiger partial charge in [0.1, 0.15) is 5.82 Å². The van der Waals surface area contributed by atoms with Crippen LogP contribution in [0.15, 0.2) is 30.5 Å². The Morgan fingerprint density at radius 3 is 1.91 bits per heavy atom. The molecule has 0 amide bonds. The summed E-state index contributed by atoms with van der Waals surface area (Å²) in [4.78, 5) is 13.3. The van der Waals surface area contributed by atoms with Crippen LogP contribution in [0, 0.1) is 17.0 Å². The van der Waals surface area contributed by atoms with Crippen LogP contribution in [-0.2, 0) is 6.18 Å².